The number of ether oxygens (including phenoxy) is 2. The largest absolute Gasteiger partial charge is 0.382 e. The van der Waals surface area contributed by atoms with E-state index in [1.807, 2.05) is 18.2 Å². The van der Waals surface area contributed by atoms with Crippen molar-refractivity contribution in [2.75, 3.05) is 59.7 Å². The number of unbranched alkanes of at least 4 members (excludes halogenated alkanes) is 1. The number of likely N-dealkylation sites (N-methyl/N-ethyl adjacent to an activating group) is 1. The molecule has 0 aliphatic carbocycles. The Balaban J connectivity index is 2.63. The van der Waals surface area contributed by atoms with Crippen LogP contribution in [0.25, 0.3) is 0 Å². The number of nitrogens with zero attached hydrogens (tertiary/aromatic N) is 2. The zero-order valence-electron chi connectivity index (χ0n) is 18.5. The van der Waals surface area contributed by atoms with Crippen LogP contribution in [0.4, 0.5) is 0 Å². The van der Waals surface area contributed by atoms with Gasteiger partial charge in [0.25, 0.3) is 0 Å². The Morgan fingerprint density at radius 1 is 1.07 bits per heavy atom. The molecule has 1 aromatic rings. The molecule has 6 nitrogen and oxygen atoms in total. The highest BCUT2D eigenvalue weighted by atomic mass is 35.5. The van der Waals surface area contributed by atoms with Crippen molar-refractivity contribution in [3.8, 4) is 0 Å². The average molecular weight is 427 g/mol. The zero-order valence-corrected chi connectivity index (χ0v) is 19.3. The maximum Gasteiger partial charge on any atom is 0.191 e. The van der Waals surface area contributed by atoms with Crippen LogP contribution in [0.3, 0.4) is 0 Å². The van der Waals surface area contributed by atoms with Crippen molar-refractivity contribution in [1.29, 1.82) is 0 Å². The second-order valence-corrected chi connectivity index (χ2v) is 7.12. The Labute approximate surface area is 182 Å². The Bertz CT molecular complexity index is 567. The summed E-state index contributed by atoms with van der Waals surface area (Å²) in [5.74, 6) is 0.844. The van der Waals surface area contributed by atoms with Crippen LogP contribution in [0, 0.1) is 0 Å². The van der Waals surface area contributed by atoms with Crippen molar-refractivity contribution in [2.24, 2.45) is 4.99 Å². The third kappa shape index (κ3) is 10.3. The van der Waals surface area contributed by atoms with Gasteiger partial charge in [0.15, 0.2) is 5.96 Å². The highest BCUT2D eigenvalue weighted by molar-refractivity contribution is 6.31. The third-order valence-electron chi connectivity index (χ3n) is 4.72. The second kappa shape index (κ2) is 16.5. The number of nitrogens with one attached hydrogen (secondary N) is 2. The molecule has 0 radical (unpaired) electrons. The summed E-state index contributed by atoms with van der Waals surface area (Å²) in [5.41, 5.74) is 1.13. The summed E-state index contributed by atoms with van der Waals surface area (Å²) in [4.78, 5) is 7.25. The standard InChI is InChI=1S/C22H39ClN4O2/c1-5-24-22(25-14-10-11-15-29-17-16-28-4)26-18-21(27(6-2)7-3)19-12-8-9-13-20(19)23/h8-9,12-13,21H,5-7,10-11,14-18H2,1-4H3,(H2,24,25,26). The molecule has 1 aromatic carbocycles. The fourth-order valence-electron chi connectivity index (χ4n) is 3.12. The quantitative estimate of drug-likeness (QED) is 0.254. The molecule has 0 aromatic heterocycles. The molecule has 0 saturated heterocycles. The van der Waals surface area contributed by atoms with Gasteiger partial charge < -0.3 is 20.1 Å². The van der Waals surface area contributed by atoms with Crippen LogP contribution in [0.5, 0.6) is 0 Å². The number of methoxy groups -OCH3 is 1. The first-order valence-corrected chi connectivity index (χ1v) is 11.1. The summed E-state index contributed by atoms with van der Waals surface area (Å²) in [6.45, 7) is 12.7. The Hall–Kier alpha value is -1.34. The normalized spacial score (nSPS) is 13.0. The van der Waals surface area contributed by atoms with E-state index in [2.05, 4.69) is 42.4 Å². The molecule has 0 spiro atoms. The molecule has 0 bridgehead atoms. The Morgan fingerprint density at radius 2 is 1.83 bits per heavy atom. The molecule has 0 aliphatic heterocycles. The number of rotatable bonds is 15. The summed E-state index contributed by atoms with van der Waals surface area (Å²) in [6.07, 6.45) is 2.04. The molecule has 166 valence electrons. The van der Waals surface area contributed by atoms with Gasteiger partial charge in [0, 0.05) is 31.8 Å². The van der Waals surface area contributed by atoms with Crippen molar-refractivity contribution < 1.29 is 9.47 Å². The van der Waals surface area contributed by atoms with Crippen LogP contribution in [0.15, 0.2) is 29.3 Å². The minimum absolute atomic E-state index is 0.156. The molecule has 1 atom stereocenters. The Morgan fingerprint density at radius 3 is 2.48 bits per heavy atom. The maximum atomic E-state index is 6.49. The molecular formula is C22H39ClN4O2. The van der Waals surface area contributed by atoms with Crippen LogP contribution in [0.1, 0.15) is 45.2 Å². The number of aliphatic imine (C=N–C) groups is 1. The summed E-state index contributed by atoms with van der Waals surface area (Å²) in [5, 5.41) is 7.56. The fraction of sp³-hybridized carbons (Fsp3) is 0.682. The zero-order chi connectivity index (χ0) is 21.3. The first-order valence-electron chi connectivity index (χ1n) is 10.7. The molecule has 0 saturated carbocycles. The van der Waals surface area contributed by atoms with Gasteiger partial charge in [0.2, 0.25) is 0 Å². The van der Waals surface area contributed by atoms with Crippen molar-refractivity contribution in [2.45, 2.75) is 39.7 Å². The molecule has 0 fully saturated rings. The summed E-state index contributed by atoms with van der Waals surface area (Å²) in [6, 6.07) is 8.22. The lowest BCUT2D eigenvalue weighted by atomic mass is 10.1. The van der Waals surface area contributed by atoms with Crippen molar-refractivity contribution in [3.63, 3.8) is 0 Å². The first-order chi connectivity index (χ1) is 14.2. The topological polar surface area (TPSA) is 58.1 Å². The Kier molecular flexibility index (Phi) is 14.6. The smallest absolute Gasteiger partial charge is 0.191 e. The highest BCUT2D eigenvalue weighted by Crippen LogP contribution is 2.27. The minimum atomic E-state index is 0.156. The lowest BCUT2D eigenvalue weighted by Crippen LogP contribution is -2.39. The molecular weight excluding hydrogens is 388 g/mol. The van der Waals surface area contributed by atoms with E-state index in [0.717, 1.165) is 62.2 Å². The molecule has 7 heteroatoms. The van der Waals surface area contributed by atoms with Crippen LogP contribution < -0.4 is 10.6 Å². The lowest BCUT2D eigenvalue weighted by molar-refractivity contribution is 0.0689. The van der Waals surface area contributed by atoms with Gasteiger partial charge in [-0.3, -0.25) is 9.89 Å². The van der Waals surface area contributed by atoms with E-state index in [1.54, 1.807) is 7.11 Å². The van der Waals surface area contributed by atoms with Crippen molar-refractivity contribution in [1.82, 2.24) is 15.5 Å². The molecule has 0 aliphatic rings. The van der Waals surface area contributed by atoms with E-state index < -0.39 is 0 Å². The van der Waals surface area contributed by atoms with E-state index in [0.29, 0.717) is 19.8 Å². The van der Waals surface area contributed by atoms with Crippen LogP contribution in [0.2, 0.25) is 5.02 Å². The van der Waals surface area contributed by atoms with E-state index >= 15 is 0 Å². The van der Waals surface area contributed by atoms with E-state index in [4.69, 9.17) is 26.1 Å². The van der Waals surface area contributed by atoms with Crippen molar-refractivity contribution >= 4 is 17.6 Å². The van der Waals surface area contributed by atoms with E-state index in [-0.39, 0.29) is 6.04 Å². The number of halogens is 1. The van der Waals surface area contributed by atoms with Gasteiger partial charge in [-0.05, 0) is 44.5 Å². The molecule has 0 heterocycles. The number of benzene rings is 1. The second-order valence-electron chi connectivity index (χ2n) is 6.72. The average Bonchev–Trinajstić information content (AvgIpc) is 2.73. The maximum absolute atomic E-state index is 6.49. The van der Waals surface area contributed by atoms with Crippen LogP contribution in [-0.2, 0) is 9.47 Å². The van der Waals surface area contributed by atoms with Gasteiger partial charge in [-0.15, -0.1) is 0 Å². The highest BCUT2D eigenvalue weighted by Gasteiger charge is 2.20. The van der Waals surface area contributed by atoms with E-state index in [1.165, 1.54) is 0 Å². The molecule has 29 heavy (non-hydrogen) atoms. The third-order valence-corrected chi connectivity index (χ3v) is 5.07. The predicted octanol–water partition coefficient (Wildman–Crippen LogP) is 3.72. The summed E-state index contributed by atoms with van der Waals surface area (Å²) >= 11 is 6.49. The van der Waals surface area contributed by atoms with Gasteiger partial charge >= 0.3 is 0 Å². The molecule has 1 rings (SSSR count). The minimum Gasteiger partial charge on any atom is -0.382 e. The molecule has 2 N–H and O–H groups in total. The predicted molar refractivity (Wildman–Crippen MR) is 123 cm³/mol. The van der Waals surface area contributed by atoms with Crippen LogP contribution in [-0.4, -0.2) is 70.5 Å². The molecule has 0 amide bonds. The number of hydrogen-bond acceptors (Lipinski definition) is 4. The molecule has 1 unspecified atom stereocenters. The van der Waals surface area contributed by atoms with Crippen LogP contribution >= 0.6 is 11.6 Å². The fourth-order valence-corrected chi connectivity index (χ4v) is 3.38. The number of guanidine groups is 1. The SMILES string of the molecule is CCNC(=NCC(c1ccccc1Cl)N(CC)CC)NCCCCOCCOC. The van der Waals surface area contributed by atoms with Gasteiger partial charge in [0.05, 0.1) is 25.8 Å². The van der Waals surface area contributed by atoms with Gasteiger partial charge in [-0.25, -0.2) is 0 Å². The van der Waals surface area contributed by atoms with Gasteiger partial charge in [-0.2, -0.15) is 0 Å². The summed E-state index contributed by atoms with van der Waals surface area (Å²) in [7, 11) is 1.69. The van der Waals surface area contributed by atoms with E-state index in [9.17, 15) is 0 Å². The summed E-state index contributed by atoms with van der Waals surface area (Å²) < 4.78 is 10.5. The monoisotopic (exact) mass is 426 g/mol. The first kappa shape index (κ1) is 25.7. The number of hydrogen-bond donors (Lipinski definition) is 2. The van der Waals surface area contributed by atoms with Gasteiger partial charge in [0.1, 0.15) is 0 Å². The van der Waals surface area contributed by atoms with Crippen molar-refractivity contribution in [3.05, 3.63) is 34.9 Å². The van der Waals surface area contributed by atoms with Gasteiger partial charge in [-0.1, -0.05) is 43.6 Å². The lowest BCUT2D eigenvalue weighted by Gasteiger charge is -2.29.